The minimum absolute atomic E-state index is 0. The van der Waals surface area contributed by atoms with Gasteiger partial charge in [0.15, 0.2) is 0 Å². The Morgan fingerprint density at radius 1 is 1.09 bits per heavy atom. The first-order valence-corrected chi connectivity index (χ1v) is 7.31. The molecule has 0 unspecified atom stereocenters. The van der Waals surface area contributed by atoms with Crippen molar-refractivity contribution in [1.29, 1.82) is 0 Å². The summed E-state index contributed by atoms with van der Waals surface area (Å²) in [6.07, 6.45) is 4.13. The Morgan fingerprint density at radius 2 is 1.64 bits per heavy atom. The molecule has 0 N–H and O–H groups in total. The third-order valence-corrected chi connectivity index (χ3v) is 5.14. The predicted molar refractivity (Wildman–Crippen MR) is 82.1 cm³/mol. The smallest absolute Gasteiger partial charge is 0.203 e. The van der Waals surface area contributed by atoms with E-state index < -0.39 is 16.8 Å². The molecule has 0 saturated heterocycles. The molecule has 1 nitrogen and oxygen atoms in total. The zero-order valence-electron chi connectivity index (χ0n) is 14.3. The standard InChI is InChI=1S/C18H24F2N.Ir/c1-15(2,3)12-8-9-21-14(10-12)13-11-18(19,20)17(6,7)16(13,4)5;/h8-10H,1-7H3;/q-1;. The van der Waals surface area contributed by atoms with Gasteiger partial charge in [0, 0.05) is 31.7 Å². The maximum atomic E-state index is 14.3. The molecule has 0 saturated carbocycles. The molecule has 125 valence electrons. The van der Waals surface area contributed by atoms with E-state index in [9.17, 15) is 8.78 Å². The summed E-state index contributed by atoms with van der Waals surface area (Å²) in [5, 5.41) is 0. The second kappa shape index (κ2) is 5.49. The fourth-order valence-corrected chi connectivity index (χ4v) is 2.59. The molecule has 22 heavy (non-hydrogen) atoms. The number of hydrogen-bond donors (Lipinski definition) is 0. The van der Waals surface area contributed by atoms with E-state index >= 15 is 0 Å². The van der Waals surface area contributed by atoms with Gasteiger partial charge >= 0.3 is 0 Å². The van der Waals surface area contributed by atoms with Crippen LogP contribution in [0.15, 0.2) is 18.3 Å². The van der Waals surface area contributed by atoms with Crippen molar-refractivity contribution in [3.05, 3.63) is 35.7 Å². The van der Waals surface area contributed by atoms with E-state index in [4.69, 9.17) is 0 Å². The SMILES string of the molecule is CC(C)(C)c1ccnc(C2=[C-]C(F)(F)C(C)(C)C2(C)C)c1.[Ir]. The molecule has 0 aromatic carbocycles. The molecule has 0 aliphatic heterocycles. The Labute approximate surface area is 146 Å². The third-order valence-electron chi connectivity index (χ3n) is 5.14. The molecule has 1 aromatic heterocycles. The molecule has 4 heteroatoms. The summed E-state index contributed by atoms with van der Waals surface area (Å²) in [7, 11) is 0. The van der Waals surface area contributed by atoms with Gasteiger partial charge in [0.1, 0.15) is 0 Å². The molecule has 0 atom stereocenters. The Bertz CT molecular complexity index is 595. The van der Waals surface area contributed by atoms with Crippen molar-refractivity contribution in [3.63, 3.8) is 0 Å². The zero-order valence-corrected chi connectivity index (χ0v) is 16.7. The monoisotopic (exact) mass is 485 g/mol. The fraction of sp³-hybridized carbons (Fsp3) is 0.611. The van der Waals surface area contributed by atoms with E-state index in [2.05, 4.69) is 31.8 Å². The number of allylic oxidation sites excluding steroid dienone is 2. The van der Waals surface area contributed by atoms with Crippen molar-refractivity contribution in [1.82, 2.24) is 4.98 Å². The average molecular weight is 485 g/mol. The Kier molecular flexibility index (Phi) is 4.85. The number of hydrogen-bond acceptors (Lipinski definition) is 1. The van der Waals surface area contributed by atoms with Gasteiger partial charge in [0.25, 0.3) is 0 Å². The maximum absolute atomic E-state index is 14.3. The van der Waals surface area contributed by atoms with Crippen LogP contribution in [0.25, 0.3) is 5.57 Å². The van der Waals surface area contributed by atoms with E-state index in [1.54, 1.807) is 20.0 Å². The summed E-state index contributed by atoms with van der Waals surface area (Å²) in [6.45, 7) is 13.2. The normalized spacial score (nSPS) is 22.0. The molecule has 1 aliphatic rings. The van der Waals surface area contributed by atoms with Crippen LogP contribution in [0.5, 0.6) is 0 Å². The van der Waals surface area contributed by atoms with Gasteiger partial charge in [-0.1, -0.05) is 59.7 Å². The average Bonchev–Trinajstić information content (AvgIpc) is 2.46. The van der Waals surface area contributed by atoms with Gasteiger partial charge in [-0.05, 0) is 16.9 Å². The minimum Gasteiger partial charge on any atom is -0.351 e. The van der Waals surface area contributed by atoms with E-state index in [0.29, 0.717) is 11.3 Å². The largest absolute Gasteiger partial charge is 0.351 e. The van der Waals surface area contributed by atoms with Crippen molar-refractivity contribution in [2.24, 2.45) is 10.8 Å². The summed E-state index contributed by atoms with van der Waals surface area (Å²) in [5.74, 6) is -2.95. The Balaban J connectivity index is 0.00000242. The molecule has 0 amide bonds. The molecular weight excluding hydrogens is 460 g/mol. The maximum Gasteiger partial charge on any atom is 0.203 e. The first-order chi connectivity index (χ1) is 9.31. The van der Waals surface area contributed by atoms with Crippen molar-refractivity contribution in [3.8, 4) is 0 Å². The van der Waals surface area contributed by atoms with Crippen LogP contribution in [-0.2, 0) is 25.5 Å². The van der Waals surface area contributed by atoms with Gasteiger partial charge in [-0.15, -0.1) is 6.07 Å². The fourth-order valence-electron chi connectivity index (χ4n) is 2.59. The Morgan fingerprint density at radius 3 is 2.05 bits per heavy atom. The number of rotatable bonds is 1. The van der Waals surface area contributed by atoms with Crippen molar-refractivity contribution < 1.29 is 28.9 Å². The van der Waals surface area contributed by atoms with E-state index in [1.807, 2.05) is 26.0 Å². The van der Waals surface area contributed by atoms with Crippen LogP contribution in [-0.4, -0.2) is 10.9 Å². The number of pyridine rings is 1. The molecule has 2 rings (SSSR count). The number of aromatic nitrogens is 1. The van der Waals surface area contributed by atoms with Gasteiger partial charge < -0.3 is 4.98 Å². The first-order valence-electron chi connectivity index (χ1n) is 7.31. The van der Waals surface area contributed by atoms with Gasteiger partial charge in [-0.25, -0.2) is 8.78 Å². The quantitative estimate of drug-likeness (QED) is 0.496. The molecule has 1 aromatic rings. The molecule has 1 radical (unpaired) electrons. The van der Waals surface area contributed by atoms with Crippen LogP contribution >= 0.6 is 0 Å². The van der Waals surface area contributed by atoms with Gasteiger partial charge in [0.05, 0.1) is 0 Å². The van der Waals surface area contributed by atoms with Crippen molar-refractivity contribution in [2.45, 2.75) is 59.8 Å². The summed E-state index contributed by atoms with van der Waals surface area (Å²) < 4.78 is 28.7. The summed E-state index contributed by atoms with van der Waals surface area (Å²) >= 11 is 0. The van der Waals surface area contributed by atoms with E-state index in [0.717, 1.165) is 5.56 Å². The van der Waals surface area contributed by atoms with Gasteiger partial charge in [-0.2, -0.15) is 11.6 Å². The predicted octanol–water partition coefficient (Wildman–Crippen LogP) is 5.26. The second-order valence-electron chi connectivity index (χ2n) is 8.00. The number of halogens is 2. The van der Waals surface area contributed by atoms with Crippen LogP contribution < -0.4 is 0 Å². The third kappa shape index (κ3) is 2.80. The summed E-state index contributed by atoms with van der Waals surface area (Å²) in [5.41, 5.74) is 0.292. The van der Waals surface area contributed by atoms with Crippen LogP contribution in [0.4, 0.5) is 8.78 Å². The van der Waals surface area contributed by atoms with Crippen LogP contribution in [0.3, 0.4) is 0 Å². The molecule has 0 spiro atoms. The van der Waals surface area contributed by atoms with Crippen LogP contribution in [0.1, 0.15) is 59.7 Å². The second-order valence-corrected chi connectivity index (χ2v) is 8.00. The first kappa shape index (κ1) is 19.4. The van der Waals surface area contributed by atoms with Crippen LogP contribution in [0, 0.1) is 16.9 Å². The zero-order chi connectivity index (χ0) is 16.3. The minimum atomic E-state index is -2.95. The van der Waals surface area contributed by atoms with Crippen molar-refractivity contribution in [2.75, 3.05) is 0 Å². The molecule has 1 aliphatic carbocycles. The number of nitrogens with zero attached hydrogens (tertiary/aromatic N) is 1. The summed E-state index contributed by atoms with van der Waals surface area (Å²) in [4.78, 5) is 4.33. The molecule has 0 fully saturated rings. The van der Waals surface area contributed by atoms with Crippen LogP contribution in [0.2, 0.25) is 0 Å². The van der Waals surface area contributed by atoms with E-state index in [1.165, 1.54) is 0 Å². The summed E-state index contributed by atoms with van der Waals surface area (Å²) in [6, 6.07) is 3.86. The van der Waals surface area contributed by atoms with Gasteiger partial charge in [0.2, 0.25) is 5.92 Å². The number of alkyl halides is 2. The molecular formula is C18H24F2IrN-. The topological polar surface area (TPSA) is 12.9 Å². The Hall–Kier alpha value is -0.601. The van der Waals surface area contributed by atoms with Crippen molar-refractivity contribution >= 4 is 5.57 Å². The van der Waals surface area contributed by atoms with Gasteiger partial charge in [-0.3, -0.25) is 0 Å². The molecule has 0 bridgehead atoms. The van der Waals surface area contributed by atoms with E-state index in [-0.39, 0.29) is 25.5 Å². The molecule has 1 heterocycles.